The first-order valence-electron chi connectivity index (χ1n) is 11.4. The molecule has 0 saturated carbocycles. The molecule has 1 atom stereocenters. The summed E-state index contributed by atoms with van der Waals surface area (Å²) in [5, 5.41) is 0.383. The van der Waals surface area contributed by atoms with E-state index in [9.17, 15) is 14.4 Å². The third kappa shape index (κ3) is 3.67. The highest BCUT2D eigenvalue weighted by atomic mass is 16.5. The summed E-state index contributed by atoms with van der Waals surface area (Å²) in [7, 11) is 3.05. The van der Waals surface area contributed by atoms with E-state index >= 15 is 0 Å². The number of para-hydroxylation sites is 1. The molecule has 1 aliphatic rings. The van der Waals surface area contributed by atoms with Crippen molar-refractivity contribution in [2.45, 2.75) is 13.0 Å². The van der Waals surface area contributed by atoms with Gasteiger partial charge in [0.2, 0.25) is 5.76 Å². The number of ether oxygens (including phenoxy) is 3. The predicted molar refractivity (Wildman–Crippen MR) is 133 cm³/mol. The highest BCUT2D eigenvalue weighted by Gasteiger charge is 2.44. The van der Waals surface area contributed by atoms with E-state index in [4.69, 9.17) is 18.6 Å². The van der Waals surface area contributed by atoms with E-state index in [2.05, 4.69) is 0 Å². The molecule has 3 aromatic carbocycles. The Hall–Kier alpha value is -4.59. The number of nitrogens with zero attached hydrogens (tertiary/aromatic N) is 1. The number of rotatable bonds is 6. The van der Waals surface area contributed by atoms with Crippen LogP contribution in [0.15, 0.2) is 75.9 Å². The van der Waals surface area contributed by atoms with Gasteiger partial charge < -0.3 is 18.6 Å². The van der Waals surface area contributed by atoms with Gasteiger partial charge in [0, 0.05) is 5.69 Å². The molecule has 0 fully saturated rings. The Balaban J connectivity index is 1.71. The third-order valence-corrected chi connectivity index (χ3v) is 6.16. The Kier molecular flexibility index (Phi) is 5.93. The van der Waals surface area contributed by atoms with Crippen molar-refractivity contribution in [3.8, 4) is 11.5 Å². The zero-order valence-corrected chi connectivity index (χ0v) is 19.9. The van der Waals surface area contributed by atoms with Crippen LogP contribution in [0, 0.1) is 0 Å². The van der Waals surface area contributed by atoms with Crippen molar-refractivity contribution >= 4 is 28.5 Å². The molecule has 36 heavy (non-hydrogen) atoms. The Bertz CT molecular complexity index is 1540. The van der Waals surface area contributed by atoms with E-state index in [0.29, 0.717) is 39.3 Å². The second-order valence-electron chi connectivity index (χ2n) is 8.13. The number of hydrogen-bond acceptors (Lipinski definition) is 7. The van der Waals surface area contributed by atoms with E-state index < -0.39 is 17.9 Å². The summed E-state index contributed by atoms with van der Waals surface area (Å²) in [6, 6.07) is 17.7. The summed E-state index contributed by atoms with van der Waals surface area (Å²) in [5.41, 5.74) is 1.76. The second kappa shape index (κ2) is 9.22. The molecule has 5 rings (SSSR count). The molecule has 8 heteroatoms. The van der Waals surface area contributed by atoms with Crippen LogP contribution in [0.5, 0.6) is 11.5 Å². The molecule has 0 spiro atoms. The zero-order chi connectivity index (χ0) is 25.4. The smallest absolute Gasteiger partial charge is 0.338 e. The number of carbonyl (C=O) groups is 2. The zero-order valence-electron chi connectivity index (χ0n) is 19.9. The fourth-order valence-corrected chi connectivity index (χ4v) is 4.50. The van der Waals surface area contributed by atoms with E-state index in [1.807, 2.05) is 0 Å². The molecule has 182 valence electrons. The summed E-state index contributed by atoms with van der Waals surface area (Å²) in [4.78, 5) is 41.0. The van der Waals surface area contributed by atoms with Gasteiger partial charge in [-0.05, 0) is 61.0 Å². The maximum absolute atomic E-state index is 13.7. The van der Waals surface area contributed by atoms with Crippen LogP contribution in [0.25, 0.3) is 11.0 Å². The average Bonchev–Trinajstić information content (AvgIpc) is 3.20. The van der Waals surface area contributed by atoms with Crippen molar-refractivity contribution in [2.75, 3.05) is 25.7 Å². The number of esters is 1. The summed E-state index contributed by atoms with van der Waals surface area (Å²) in [6.45, 7) is 1.98. The molecule has 4 aromatic rings. The number of amides is 1. The molecule has 0 aliphatic carbocycles. The van der Waals surface area contributed by atoms with Gasteiger partial charge in [-0.25, -0.2) is 4.79 Å². The van der Waals surface area contributed by atoms with Crippen LogP contribution < -0.4 is 19.8 Å². The van der Waals surface area contributed by atoms with Gasteiger partial charge in [-0.1, -0.05) is 18.2 Å². The van der Waals surface area contributed by atoms with Crippen LogP contribution in [0.1, 0.15) is 45.0 Å². The highest BCUT2D eigenvalue weighted by molar-refractivity contribution is 6.10. The van der Waals surface area contributed by atoms with Crippen molar-refractivity contribution in [3.05, 3.63) is 99.4 Å². The lowest BCUT2D eigenvalue weighted by Gasteiger charge is -2.26. The molecule has 1 aromatic heterocycles. The average molecular weight is 485 g/mol. The second-order valence-corrected chi connectivity index (χ2v) is 8.13. The Labute approximate surface area is 206 Å². The van der Waals surface area contributed by atoms with Crippen molar-refractivity contribution in [3.63, 3.8) is 0 Å². The van der Waals surface area contributed by atoms with Crippen molar-refractivity contribution < 1.29 is 28.2 Å². The normalized spacial score (nSPS) is 14.6. The summed E-state index contributed by atoms with van der Waals surface area (Å²) in [6.07, 6.45) is 0. The van der Waals surface area contributed by atoms with Gasteiger partial charge in [0.15, 0.2) is 16.9 Å². The van der Waals surface area contributed by atoms with Gasteiger partial charge in [-0.2, -0.15) is 0 Å². The number of fused-ring (bicyclic) bond motifs is 2. The lowest BCUT2D eigenvalue weighted by Crippen LogP contribution is -2.29. The Morgan fingerprint density at radius 1 is 0.944 bits per heavy atom. The first-order valence-corrected chi connectivity index (χ1v) is 11.4. The first kappa shape index (κ1) is 23.2. The van der Waals surface area contributed by atoms with Crippen LogP contribution in [0.4, 0.5) is 5.69 Å². The molecule has 0 N–H and O–H groups in total. The number of hydrogen-bond donors (Lipinski definition) is 0. The fraction of sp³-hybridized carbons (Fsp3) is 0.179. The van der Waals surface area contributed by atoms with Gasteiger partial charge in [-0.15, -0.1) is 0 Å². The Morgan fingerprint density at radius 2 is 1.67 bits per heavy atom. The number of anilines is 1. The minimum Gasteiger partial charge on any atom is -0.493 e. The third-order valence-electron chi connectivity index (χ3n) is 6.16. The monoisotopic (exact) mass is 485 g/mol. The van der Waals surface area contributed by atoms with Crippen molar-refractivity contribution in [1.82, 2.24) is 0 Å². The topological polar surface area (TPSA) is 95.3 Å². The quantitative estimate of drug-likeness (QED) is 0.364. The van der Waals surface area contributed by atoms with Gasteiger partial charge in [0.1, 0.15) is 5.58 Å². The minimum atomic E-state index is -0.790. The summed E-state index contributed by atoms with van der Waals surface area (Å²) in [5.74, 6) is 0.0319. The molecule has 1 unspecified atom stereocenters. The van der Waals surface area contributed by atoms with Crippen LogP contribution in [-0.4, -0.2) is 32.7 Å². The number of methoxy groups -OCH3 is 2. The molecule has 0 bridgehead atoms. The van der Waals surface area contributed by atoms with E-state index in [1.54, 1.807) is 73.7 Å². The first-order chi connectivity index (χ1) is 17.5. The van der Waals surface area contributed by atoms with E-state index in [-0.39, 0.29) is 23.4 Å². The fourth-order valence-electron chi connectivity index (χ4n) is 4.50. The molecule has 0 radical (unpaired) electrons. The van der Waals surface area contributed by atoms with Crippen LogP contribution in [0.2, 0.25) is 0 Å². The van der Waals surface area contributed by atoms with Crippen LogP contribution in [0.3, 0.4) is 0 Å². The van der Waals surface area contributed by atoms with Crippen LogP contribution in [-0.2, 0) is 4.74 Å². The summed E-state index contributed by atoms with van der Waals surface area (Å²) < 4.78 is 21.9. The molecule has 1 aliphatic heterocycles. The molecule has 2 heterocycles. The lowest BCUT2D eigenvalue weighted by atomic mass is 9.97. The maximum Gasteiger partial charge on any atom is 0.338 e. The molecule has 8 nitrogen and oxygen atoms in total. The van der Waals surface area contributed by atoms with Crippen molar-refractivity contribution in [1.29, 1.82) is 0 Å². The number of benzene rings is 3. The van der Waals surface area contributed by atoms with Crippen LogP contribution >= 0.6 is 0 Å². The molecular weight excluding hydrogens is 462 g/mol. The predicted octanol–water partition coefficient (Wildman–Crippen LogP) is 4.74. The standard InChI is InChI=1S/C28H23NO7/c1-4-35-28(32)16-9-12-18(13-10-16)29-24(17-11-14-21(33-2)22(15-17)34-3)23-25(30)19-7-5-6-8-20(19)36-26(23)27(29)31/h5-15,24H,4H2,1-3H3. The van der Waals surface area contributed by atoms with Crippen molar-refractivity contribution in [2.24, 2.45) is 0 Å². The summed E-state index contributed by atoms with van der Waals surface area (Å²) >= 11 is 0. The van der Waals surface area contributed by atoms with Gasteiger partial charge in [0.05, 0.1) is 43.4 Å². The SMILES string of the molecule is CCOC(=O)c1ccc(N2C(=O)c3oc4ccccc4c(=O)c3C2c2ccc(OC)c(OC)c2)cc1. The molecule has 1 amide bonds. The van der Waals surface area contributed by atoms with E-state index in [0.717, 1.165) is 0 Å². The van der Waals surface area contributed by atoms with Gasteiger partial charge in [0.25, 0.3) is 5.91 Å². The lowest BCUT2D eigenvalue weighted by molar-refractivity contribution is 0.0526. The maximum atomic E-state index is 13.7. The molecule has 0 saturated heterocycles. The minimum absolute atomic E-state index is 0.0204. The van der Waals surface area contributed by atoms with Gasteiger partial charge in [-0.3, -0.25) is 14.5 Å². The van der Waals surface area contributed by atoms with E-state index in [1.165, 1.54) is 19.1 Å². The molecular formula is C28H23NO7. The Morgan fingerprint density at radius 3 is 2.36 bits per heavy atom. The number of carbonyl (C=O) groups excluding carboxylic acids is 2. The van der Waals surface area contributed by atoms with Gasteiger partial charge >= 0.3 is 5.97 Å². The largest absolute Gasteiger partial charge is 0.493 e. The highest BCUT2D eigenvalue weighted by Crippen LogP contribution is 2.43.